The molecular weight excluding hydrogens is 364 g/mol. The second kappa shape index (κ2) is 9.59. The zero-order chi connectivity index (χ0) is 19.8. The molecule has 7 heteroatoms. The van der Waals surface area contributed by atoms with E-state index in [0.29, 0.717) is 5.69 Å². The number of carboxylic acid groups (broad SMARTS) is 1. The van der Waals surface area contributed by atoms with E-state index in [2.05, 4.69) is 10.6 Å². The number of anilines is 2. The Morgan fingerprint density at radius 2 is 1.56 bits per heavy atom. The number of rotatable bonds is 7. The Bertz CT molecular complexity index is 848. The molecule has 0 aliphatic rings. The summed E-state index contributed by atoms with van der Waals surface area (Å²) >= 11 is 1.40. The number of nitrogens with one attached hydrogen (secondary N) is 2. The normalized spacial score (nSPS) is 12.1. The lowest BCUT2D eigenvalue weighted by atomic mass is 10.2. The van der Waals surface area contributed by atoms with Crippen LogP contribution >= 0.6 is 11.8 Å². The maximum Gasteiger partial charge on any atom is 0.331 e. The summed E-state index contributed by atoms with van der Waals surface area (Å²) in [5, 5.41) is 13.9. The molecule has 0 bridgehead atoms. The molecule has 0 aromatic heterocycles. The number of aliphatic carboxylic acids is 1. The van der Waals surface area contributed by atoms with Gasteiger partial charge in [0.2, 0.25) is 11.8 Å². The topological polar surface area (TPSA) is 95.5 Å². The molecular formula is C20H20N2O4S. The predicted octanol–water partition coefficient (Wildman–Crippen LogP) is 3.78. The summed E-state index contributed by atoms with van der Waals surface area (Å²) in [5.74, 6) is -1.75. The Morgan fingerprint density at radius 1 is 0.963 bits per heavy atom. The van der Waals surface area contributed by atoms with Crippen LogP contribution in [-0.2, 0) is 14.4 Å². The van der Waals surface area contributed by atoms with Crippen molar-refractivity contribution in [2.75, 3.05) is 10.6 Å². The van der Waals surface area contributed by atoms with E-state index in [4.69, 9.17) is 5.11 Å². The molecule has 3 N–H and O–H groups in total. The second-order valence-electron chi connectivity index (χ2n) is 5.76. The van der Waals surface area contributed by atoms with Gasteiger partial charge in [-0.3, -0.25) is 9.59 Å². The molecule has 0 radical (unpaired) electrons. The van der Waals surface area contributed by atoms with Crippen LogP contribution < -0.4 is 10.6 Å². The van der Waals surface area contributed by atoms with E-state index in [0.717, 1.165) is 16.7 Å². The quantitative estimate of drug-likeness (QED) is 0.499. The van der Waals surface area contributed by atoms with Gasteiger partial charge in [-0.2, -0.15) is 0 Å². The minimum absolute atomic E-state index is 0.0436. The number of thioether (sulfide) groups is 1. The minimum atomic E-state index is -1.14. The largest absolute Gasteiger partial charge is 0.478 e. The number of hydrogen-bond donors (Lipinski definition) is 3. The van der Waals surface area contributed by atoms with E-state index < -0.39 is 11.9 Å². The van der Waals surface area contributed by atoms with Gasteiger partial charge in [0.1, 0.15) is 0 Å². The zero-order valence-electron chi connectivity index (χ0n) is 14.9. The first kappa shape index (κ1) is 20.3. The Labute approximate surface area is 161 Å². The van der Waals surface area contributed by atoms with Crippen molar-refractivity contribution in [3.63, 3.8) is 0 Å². The summed E-state index contributed by atoms with van der Waals surface area (Å²) in [6, 6.07) is 16.2. The van der Waals surface area contributed by atoms with Crippen LogP contribution in [0.3, 0.4) is 0 Å². The Balaban J connectivity index is 1.91. The highest BCUT2D eigenvalue weighted by atomic mass is 32.2. The Morgan fingerprint density at radius 3 is 2.15 bits per heavy atom. The first-order valence-corrected chi connectivity index (χ1v) is 9.08. The molecule has 0 spiro atoms. The lowest BCUT2D eigenvalue weighted by Crippen LogP contribution is -2.22. The van der Waals surface area contributed by atoms with E-state index >= 15 is 0 Å². The third-order valence-corrected chi connectivity index (χ3v) is 4.64. The fraction of sp³-hybridized carbons (Fsp3) is 0.150. The fourth-order valence-corrected chi connectivity index (χ4v) is 2.94. The van der Waals surface area contributed by atoms with Crippen molar-refractivity contribution in [1.82, 2.24) is 0 Å². The molecule has 0 aliphatic carbocycles. The van der Waals surface area contributed by atoms with Crippen molar-refractivity contribution in [2.24, 2.45) is 0 Å². The van der Waals surface area contributed by atoms with Crippen molar-refractivity contribution in [3.8, 4) is 0 Å². The molecule has 1 atom stereocenters. The summed E-state index contributed by atoms with van der Waals surface area (Å²) in [7, 11) is 0. The van der Waals surface area contributed by atoms with Crippen LogP contribution in [0, 0.1) is 0 Å². The average molecular weight is 384 g/mol. The summed E-state index contributed by atoms with van der Waals surface area (Å²) in [5.41, 5.74) is 1.25. The summed E-state index contributed by atoms with van der Waals surface area (Å²) < 4.78 is 0. The Hall–Kier alpha value is -3.06. The van der Waals surface area contributed by atoms with E-state index in [-0.39, 0.29) is 16.7 Å². The van der Waals surface area contributed by atoms with Gasteiger partial charge in [0.25, 0.3) is 0 Å². The SMILES string of the molecule is C/C(=C\C(=O)Nc1ccc(S[C@H](C)C(=O)Nc2ccccc2)cc1)C(=O)O. The maximum atomic E-state index is 12.2. The van der Waals surface area contributed by atoms with Crippen LogP contribution in [0.1, 0.15) is 13.8 Å². The standard InChI is InChI=1S/C20H20N2O4S/c1-13(20(25)26)12-18(23)21-16-8-10-17(11-9-16)27-14(2)19(24)22-15-6-4-3-5-7-15/h3-12,14H,1-2H3,(H,21,23)(H,22,24)(H,25,26)/b13-12+/t14-/m1/s1. The lowest BCUT2D eigenvalue weighted by molar-refractivity contribution is -0.132. The molecule has 2 amide bonds. The third-order valence-electron chi connectivity index (χ3n) is 3.53. The molecule has 0 fully saturated rings. The molecule has 2 aromatic rings. The zero-order valence-corrected chi connectivity index (χ0v) is 15.7. The predicted molar refractivity (Wildman–Crippen MR) is 107 cm³/mol. The van der Waals surface area contributed by atoms with E-state index in [9.17, 15) is 14.4 Å². The highest BCUT2D eigenvalue weighted by Crippen LogP contribution is 2.25. The molecule has 2 rings (SSSR count). The number of carboxylic acids is 1. The van der Waals surface area contributed by atoms with Crippen LogP contribution in [0.2, 0.25) is 0 Å². The summed E-state index contributed by atoms with van der Waals surface area (Å²) in [6.07, 6.45) is 1.03. The fourth-order valence-electron chi connectivity index (χ4n) is 2.08. The van der Waals surface area contributed by atoms with E-state index in [1.54, 1.807) is 24.3 Å². The molecule has 0 saturated heterocycles. The number of para-hydroxylation sites is 1. The van der Waals surface area contributed by atoms with Crippen molar-refractivity contribution >= 4 is 40.9 Å². The first-order chi connectivity index (χ1) is 12.8. The van der Waals surface area contributed by atoms with Gasteiger partial charge in [-0.25, -0.2) is 4.79 Å². The molecule has 0 aliphatic heterocycles. The molecule has 2 aromatic carbocycles. The molecule has 6 nitrogen and oxygen atoms in total. The lowest BCUT2D eigenvalue weighted by Gasteiger charge is -2.12. The van der Waals surface area contributed by atoms with Gasteiger partial charge in [-0.15, -0.1) is 11.8 Å². The summed E-state index contributed by atoms with van der Waals surface area (Å²) in [6.45, 7) is 3.17. The number of hydrogen-bond acceptors (Lipinski definition) is 4. The van der Waals surface area contributed by atoms with Gasteiger partial charge in [-0.05, 0) is 50.2 Å². The summed E-state index contributed by atoms with van der Waals surface area (Å²) in [4.78, 5) is 35.6. The van der Waals surface area contributed by atoms with Crippen molar-refractivity contribution in [1.29, 1.82) is 0 Å². The highest BCUT2D eigenvalue weighted by molar-refractivity contribution is 8.00. The molecule has 0 saturated carbocycles. The van der Waals surface area contributed by atoms with Gasteiger partial charge >= 0.3 is 5.97 Å². The second-order valence-corrected chi connectivity index (χ2v) is 7.18. The monoisotopic (exact) mass is 384 g/mol. The van der Waals surface area contributed by atoms with Crippen LogP contribution in [0.25, 0.3) is 0 Å². The van der Waals surface area contributed by atoms with Crippen molar-refractivity contribution in [2.45, 2.75) is 24.0 Å². The van der Waals surface area contributed by atoms with Gasteiger partial charge in [0, 0.05) is 27.9 Å². The average Bonchev–Trinajstić information content (AvgIpc) is 2.64. The molecule has 27 heavy (non-hydrogen) atoms. The molecule has 140 valence electrons. The van der Waals surface area contributed by atoms with Gasteiger partial charge in [-0.1, -0.05) is 18.2 Å². The maximum absolute atomic E-state index is 12.2. The first-order valence-electron chi connectivity index (χ1n) is 8.20. The molecule has 0 heterocycles. The van der Waals surface area contributed by atoms with Crippen LogP contribution in [-0.4, -0.2) is 28.1 Å². The minimum Gasteiger partial charge on any atom is -0.478 e. The van der Waals surface area contributed by atoms with Gasteiger partial charge < -0.3 is 15.7 Å². The number of amides is 2. The Kier molecular flexibility index (Phi) is 7.19. The number of benzene rings is 2. The number of carbonyl (C=O) groups excluding carboxylic acids is 2. The van der Waals surface area contributed by atoms with E-state index in [1.165, 1.54) is 18.7 Å². The van der Waals surface area contributed by atoms with Gasteiger partial charge in [0.15, 0.2) is 0 Å². The van der Waals surface area contributed by atoms with Crippen LogP contribution in [0.4, 0.5) is 11.4 Å². The van der Waals surface area contributed by atoms with E-state index in [1.807, 2.05) is 37.3 Å². The number of carbonyl (C=O) groups is 3. The highest BCUT2D eigenvalue weighted by Gasteiger charge is 2.14. The smallest absolute Gasteiger partial charge is 0.331 e. The van der Waals surface area contributed by atoms with Crippen molar-refractivity contribution in [3.05, 3.63) is 66.2 Å². The van der Waals surface area contributed by atoms with Crippen molar-refractivity contribution < 1.29 is 19.5 Å². The molecule has 0 unspecified atom stereocenters. The van der Waals surface area contributed by atoms with Crippen LogP contribution in [0.5, 0.6) is 0 Å². The third kappa shape index (κ3) is 6.63. The van der Waals surface area contributed by atoms with Gasteiger partial charge in [0.05, 0.1) is 5.25 Å². The van der Waals surface area contributed by atoms with Crippen LogP contribution in [0.15, 0.2) is 71.1 Å².